The average Bonchev–Trinajstić information content (AvgIpc) is 2.30. The molecule has 1 aliphatic rings. The zero-order valence-corrected chi connectivity index (χ0v) is 9.51. The van der Waals surface area contributed by atoms with Gasteiger partial charge in [0.05, 0.1) is 17.9 Å². The van der Waals surface area contributed by atoms with Crippen molar-refractivity contribution >= 4 is 0 Å². The molecule has 0 saturated heterocycles. The van der Waals surface area contributed by atoms with Gasteiger partial charge in [0.25, 0.3) is 5.56 Å². The number of ether oxygens (including phenoxy) is 1. The molecule has 1 aromatic heterocycles. The molecule has 5 nitrogen and oxygen atoms in total. The van der Waals surface area contributed by atoms with Crippen LogP contribution >= 0.6 is 0 Å². The molecule has 0 fully saturated rings. The molecule has 16 heavy (non-hydrogen) atoms. The SMILES string of the molecule is CCOCCc1nc2c(c(=O)[nH]1)CNCC2. The van der Waals surface area contributed by atoms with Crippen molar-refractivity contribution in [3.05, 3.63) is 27.4 Å². The van der Waals surface area contributed by atoms with Crippen molar-refractivity contribution in [2.75, 3.05) is 19.8 Å². The monoisotopic (exact) mass is 223 g/mol. The van der Waals surface area contributed by atoms with E-state index < -0.39 is 0 Å². The van der Waals surface area contributed by atoms with Crippen molar-refractivity contribution in [2.45, 2.75) is 26.3 Å². The third kappa shape index (κ3) is 2.48. The number of rotatable bonds is 4. The second-order valence-electron chi connectivity index (χ2n) is 3.81. The van der Waals surface area contributed by atoms with Crippen LogP contribution in [0.15, 0.2) is 4.79 Å². The van der Waals surface area contributed by atoms with E-state index in [4.69, 9.17) is 4.74 Å². The minimum atomic E-state index is -0.0105. The second kappa shape index (κ2) is 5.23. The smallest absolute Gasteiger partial charge is 0.255 e. The molecule has 0 aromatic carbocycles. The number of hydrogen-bond acceptors (Lipinski definition) is 4. The van der Waals surface area contributed by atoms with Gasteiger partial charge in [0, 0.05) is 32.5 Å². The summed E-state index contributed by atoms with van der Waals surface area (Å²) in [5.41, 5.74) is 1.71. The lowest BCUT2D eigenvalue weighted by molar-refractivity contribution is 0.149. The van der Waals surface area contributed by atoms with E-state index >= 15 is 0 Å². The number of H-pyrrole nitrogens is 1. The van der Waals surface area contributed by atoms with Crippen molar-refractivity contribution in [3.63, 3.8) is 0 Å². The van der Waals surface area contributed by atoms with E-state index in [1.807, 2.05) is 6.92 Å². The first-order valence-corrected chi connectivity index (χ1v) is 5.70. The topological polar surface area (TPSA) is 67.0 Å². The molecule has 2 N–H and O–H groups in total. The Hall–Kier alpha value is -1.20. The third-order valence-electron chi connectivity index (χ3n) is 2.68. The van der Waals surface area contributed by atoms with Crippen LogP contribution in [-0.2, 0) is 24.1 Å². The van der Waals surface area contributed by atoms with Crippen LogP contribution in [0, 0.1) is 0 Å². The van der Waals surface area contributed by atoms with Gasteiger partial charge in [-0.2, -0.15) is 0 Å². The van der Waals surface area contributed by atoms with Crippen LogP contribution in [0.2, 0.25) is 0 Å². The Morgan fingerprint density at radius 2 is 2.38 bits per heavy atom. The molecule has 5 heteroatoms. The first kappa shape index (κ1) is 11.3. The first-order chi connectivity index (χ1) is 7.81. The zero-order valence-electron chi connectivity index (χ0n) is 9.51. The summed E-state index contributed by atoms with van der Waals surface area (Å²) >= 11 is 0. The number of aromatic nitrogens is 2. The van der Waals surface area contributed by atoms with Gasteiger partial charge in [0.1, 0.15) is 5.82 Å². The number of fused-ring (bicyclic) bond motifs is 1. The van der Waals surface area contributed by atoms with Crippen LogP contribution in [-0.4, -0.2) is 29.7 Å². The van der Waals surface area contributed by atoms with E-state index in [-0.39, 0.29) is 5.56 Å². The number of nitrogens with one attached hydrogen (secondary N) is 2. The summed E-state index contributed by atoms with van der Waals surface area (Å²) in [6, 6.07) is 0. The van der Waals surface area contributed by atoms with E-state index in [0.717, 1.165) is 30.0 Å². The molecule has 0 aliphatic carbocycles. The predicted molar refractivity (Wildman–Crippen MR) is 60.5 cm³/mol. The number of aromatic amines is 1. The molecular weight excluding hydrogens is 206 g/mol. The molecule has 0 spiro atoms. The summed E-state index contributed by atoms with van der Waals surface area (Å²) in [6.07, 6.45) is 1.50. The van der Waals surface area contributed by atoms with Crippen molar-refractivity contribution in [1.82, 2.24) is 15.3 Å². The van der Waals surface area contributed by atoms with E-state index in [1.54, 1.807) is 0 Å². The predicted octanol–water partition coefficient (Wildman–Crippen LogP) is -0.00540. The summed E-state index contributed by atoms with van der Waals surface area (Å²) < 4.78 is 5.25. The molecule has 1 aliphatic heterocycles. The third-order valence-corrected chi connectivity index (χ3v) is 2.68. The Morgan fingerprint density at radius 3 is 3.19 bits per heavy atom. The van der Waals surface area contributed by atoms with E-state index in [1.165, 1.54) is 0 Å². The fourth-order valence-corrected chi connectivity index (χ4v) is 1.84. The molecule has 0 atom stereocenters. The van der Waals surface area contributed by atoms with Gasteiger partial charge in [-0.05, 0) is 6.92 Å². The standard InChI is InChI=1S/C11H17N3O2/c1-2-16-6-4-10-13-9-3-5-12-7-8(9)11(15)14-10/h12H,2-7H2,1H3,(H,13,14,15). The molecule has 0 radical (unpaired) electrons. The van der Waals surface area contributed by atoms with Gasteiger partial charge in [-0.25, -0.2) is 4.98 Å². The molecule has 88 valence electrons. The minimum absolute atomic E-state index is 0.0105. The van der Waals surface area contributed by atoms with E-state index in [2.05, 4.69) is 15.3 Å². The highest BCUT2D eigenvalue weighted by atomic mass is 16.5. The van der Waals surface area contributed by atoms with Gasteiger partial charge in [0.15, 0.2) is 0 Å². The molecule has 0 bridgehead atoms. The maximum absolute atomic E-state index is 11.7. The lowest BCUT2D eigenvalue weighted by Crippen LogP contribution is -2.32. The zero-order chi connectivity index (χ0) is 11.4. The van der Waals surface area contributed by atoms with E-state index in [0.29, 0.717) is 26.2 Å². The van der Waals surface area contributed by atoms with Crippen LogP contribution in [0.25, 0.3) is 0 Å². The molecular formula is C11H17N3O2. The van der Waals surface area contributed by atoms with Crippen LogP contribution < -0.4 is 10.9 Å². The van der Waals surface area contributed by atoms with Crippen molar-refractivity contribution in [1.29, 1.82) is 0 Å². The lowest BCUT2D eigenvalue weighted by Gasteiger charge is -2.15. The molecule has 2 rings (SSSR count). The van der Waals surface area contributed by atoms with Gasteiger partial charge in [0.2, 0.25) is 0 Å². The summed E-state index contributed by atoms with van der Waals surface area (Å²) in [7, 11) is 0. The molecule has 0 unspecified atom stereocenters. The van der Waals surface area contributed by atoms with Crippen molar-refractivity contribution < 1.29 is 4.74 Å². The lowest BCUT2D eigenvalue weighted by atomic mass is 10.1. The highest BCUT2D eigenvalue weighted by Crippen LogP contribution is 2.06. The van der Waals surface area contributed by atoms with E-state index in [9.17, 15) is 4.79 Å². The number of nitrogens with zero attached hydrogens (tertiary/aromatic N) is 1. The summed E-state index contributed by atoms with van der Waals surface area (Å²) in [5.74, 6) is 0.735. The van der Waals surface area contributed by atoms with Crippen molar-refractivity contribution in [3.8, 4) is 0 Å². The quantitative estimate of drug-likeness (QED) is 0.705. The van der Waals surface area contributed by atoms with Crippen LogP contribution in [0.4, 0.5) is 0 Å². The van der Waals surface area contributed by atoms with Gasteiger partial charge in [-0.3, -0.25) is 4.79 Å². The van der Waals surface area contributed by atoms with Gasteiger partial charge in [-0.1, -0.05) is 0 Å². The largest absolute Gasteiger partial charge is 0.381 e. The maximum atomic E-state index is 11.7. The Labute approximate surface area is 94.2 Å². The highest BCUT2D eigenvalue weighted by Gasteiger charge is 2.14. The van der Waals surface area contributed by atoms with Gasteiger partial charge in [-0.15, -0.1) is 0 Å². The Morgan fingerprint density at radius 1 is 1.50 bits per heavy atom. The number of hydrogen-bond donors (Lipinski definition) is 2. The molecule has 0 saturated carbocycles. The molecule has 1 aromatic rings. The van der Waals surface area contributed by atoms with Crippen LogP contribution in [0.3, 0.4) is 0 Å². The summed E-state index contributed by atoms with van der Waals surface area (Å²) in [4.78, 5) is 19.0. The normalized spacial score (nSPS) is 14.8. The Kier molecular flexibility index (Phi) is 3.69. The van der Waals surface area contributed by atoms with Gasteiger partial charge >= 0.3 is 0 Å². The maximum Gasteiger partial charge on any atom is 0.255 e. The minimum Gasteiger partial charge on any atom is -0.381 e. The summed E-state index contributed by atoms with van der Waals surface area (Å²) in [5, 5.41) is 3.17. The fraction of sp³-hybridized carbons (Fsp3) is 0.636. The fourth-order valence-electron chi connectivity index (χ4n) is 1.84. The van der Waals surface area contributed by atoms with Crippen LogP contribution in [0.1, 0.15) is 24.0 Å². The van der Waals surface area contributed by atoms with Crippen molar-refractivity contribution in [2.24, 2.45) is 0 Å². The molecule has 0 amide bonds. The summed E-state index contributed by atoms with van der Waals surface area (Å²) in [6.45, 7) is 4.78. The highest BCUT2D eigenvalue weighted by molar-refractivity contribution is 5.20. The first-order valence-electron chi connectivity index (χ1n) is 5.70. The Bertz CT molecular complexity index is 414. The van der Waals surface area contributed by atoms with Gasteiger partial charge < -0.3 is 15.0 Å². The second-order valence-corrected chi connectivity index (χ2v) is 3.81. The Balaban J connectivity index is 2.15. The molecule has 2 heterocycles. The van der Waals surface area contributed by atoms with Crippen LogP contribution in [0.5, 0.6) is 0 Å². The average molecular weight is 223 g/mol.